The van der Waals surface area contributed by atoms with Gasteiger partial charge in [-0.1, -0.05) is 49.4 Å². The van der Waals surface area contributed by atoms with Crippen LogP contribution in [0.3, 0.4) is 0 Å². The molecule has 150 valence electrons. The topological polar surface area (TPSA) is 32.8 Å². The molecule has 0 N–H and O–H groups in total. The third-order valence-corrected chi connectivity index (χ3v) is 5.49. The molecule has 0 radical (unpaired) electrons. The van der Waals surface area contributed by atoms with E-state index in [-0.39, 0.29) is 23.9 Å². The van der Waals surface area contributed by atoms with E-state index in [0.717, 1.165) is 32.5 Å². The van der Waals surface area contributed by atoms with Crippen molar-refractivity contribution in [2.75, 3.05) is 31.6 Å². The smallest absolute Gasteiger partial charge is 0.227 e. The highest BCUT2D eigenvalue weighted by atomic mass is 19.1. The standard InChI is InChI=1S/C23H29FN2O2/c1-3-23(27)26(20-12-8-7-11-19(20)24)21-14-16-25(17-22(21)28-2)15-13-18-9-5-4-6-10-18/h4-12,21-22H,3,13-17H2,1-2H3/t21-,22-/m0/s1. The van der Waals surface area contributed by atoms with Crippen LogP contribution in [0.4, 0.5) is 10.1 Å². The second-order valence-electron chi connectivity index (χ2n) is 7.24. The fourth-order valence-corrected chi connectivity index (χ4v) is 3.95. The Morgan fingerprint density at radius 3 is 2.57 bits per heavy atom. The number of ether oxygens (including phenoxy) is 1. The largest absolute Gasteiger partial charge is 0.378 e. The summed E-state index contributed by atoms with van der Waals surface area (Å²) in [4.78, 5) is 16.7. The van der Waals surface area contributed by atoms with Crippen molar-refractivity contribution in [3.8, 4) is 0 Å². The molecule has 1 fully saturated rings. The number of nitrogens with zero attached hydrogens (tertiary/aromatic N) is 2. The first-order valence-electron chi connectivity index (χ1n) is 9.99. The fraction of sp³-hybridized carbons (Fsp3) is 0.435. The lowest BCUT2D eigenvalue weighted by Crippen LogP contribution is -2.57. The predicted molar refractivity (Wildman–Crippen MR) is 110 cm³/mol. The zero-order chi connectivity index (χ0) is 19.9. The van der Waals surface area contributed by atoms with Crippen molar-refractivity contribution in [3.05, 3.63) is 66.0 Å². The summed E-state index contributed by atoms with van der Waals surface area (Å²) in [6.45, 7) is 4.35. The maximum absolute atomic E-state index is 14.5. The average Bonchev–Trinajstić information content (AvgIpc) is 2.74. The van der Waals surface area contributed by atoms with Gasteiger partial charge in [-0.15, -0.1) is 0 Å². The van der Waals surface area contributed by atoms with E-state index in [4.69, 9.17) is 4.74 Å². The zero-order valence-electron chi connectivity index (χ0n) is 16.7. The molecule has 0 aliphatic carbocycles. The Morgan fingerprint density at radius 2 is 1.89 bits per heavy atom. The minimum atomic E-state index is -0.370. The molecule has 1 aliphatic rings. The molecule has 2 aromatic rings. The Bertz CT molecular complexity index is 768. The van der Waals surface area contributed by atoms with Gasteiger partial charge in [-0.2, -0.15) is 0 Å². The summed E-state index contributed by atoms with van der Waals surface area (Å²) in [6, 6.07) is 16.8. The van der Waals surface area contributed by atoms with Crippen molar-refractivity contribution >= 4 is 11.6 Å². The van der Waals surface area contributed by atoms with Crippen LogP contribution in [0.1, 0.15) is 25.3 Å². The van der Waals surface area contributed by atoms with Crippen molar-refractivity contribution in [2.24, 2.45) is 0 Å². The number of rotatable bonds is 7. The number of para-hydroxylation sites is 1. The summed E-state index contributed by atoms with van der Waals surface area (Å²) >= 11 is 0. The number of halogens is 1. The number of hydrogen-bond donors (Lipinski definition) is 0. The van der Waals surface area contributed by atoms with Crippen LogP contribution in [-0.2, 0) is 16.0 Å². The molecule has 4 nitrogen and oxygen atoms in total. The lowest BCUT2D eigenvalue weighted by Gasteiger charge is -2.43. The van der Waals surface area contributed by atoms with Crippen LogP contribution in [0, 0.1) is 5.82 Å². The number of benzene rings is 2. The third kappa shape index (κ3) is 4.78. The van der Waals surface area contributed by atoms with Crippen LogP contribution in [-0.4, -0.2) is 49.7 Å². The summed E-state index contributed by atoms with van der Waals surface area (Å²) in [7, 11) is 1.67. The lowest BCUT2D eigenvalue weighted by molar-refractivity contribution is -0.120. The van der Waals surface area contributed by atoms with Crippen LogP contribution in [0.15, 0.2) is 54.6 Å². The van der Waals surface area contributed by atoms with Gasteiger partial charge >= 0.3 is 0 Å². The molecule has 1 heterocycles. The molecule has 1 saturated heterocycles. The SMILES string of the molecule is CCC(=O)N(c1ccccc1F)[C@H]1CCN(CCc2ccccc2)C[C@@H]1OC. The highest BCUT2D eigenvalue weighted by Gasteiger charge is 2.37. The number of amides is 1. The first-order chi connectivity index (χ1) is 13.6. The molecule has 2 aromatic carbocycles. The van der Waals surface area contributed by atoms with Crippen molar-refractivity contribution in [1.29, 1.82) is 0 Å². The highest BCUT2D eigenvalue weighted by Crippen LogP contribution is 2.28. The molecule has 0 spiro atoms. The second-order valence-corrected chi connectivity index (χ2v) is 7.24. The summed E-state index contributed by atoms with van der Waals surface area (Å²) in [5, 5.41) is 0. The van der Waals surface area contributed by atoms with Crippen molar-refractivity contribution in [1.82, 2.24) is 4.90 Å². The van der Waals surface area contributed by atoms with Gasteiger partial charge in [0.15, 0.2) is 0 Å². The summed E-state index contributed by atoms with van der Waals surface area (Å²) < 4.78 is 20.2. The normalized spacial score (nSPS) is 20.1. The van der Waals surface area contributed by atoms with Gasteiger partial charge in [0.1, 0.15) is 5.82 Å². The predicted octanol–water partition coefficient (Wildman–Crippen LogP) is 3.90. The number of piperidine rings is 1. The minimum Gasteiger partial charge on any atom is -0.378 e. The fourth-order valence-electron chi connectivity index (χ4n) is 3.95. The van der Waals surface area contributed by atoms with Gasteiger partial charge < -0.3 is 14.5 Å². The van der Waals surface area contributed by atoms with Gasteiger partial charge in [-0.05, 0) is 30.5 Å². The van der Waals surface area contributed by atoms with Crippen LogP contribution < -0.4 is 4.90 Å². The first-order valence-corrected chi connectivity index (χ1v) is 9.99. The van der Waals surface area contributed by atoms with Gasteiger partial charge in [-0.25, -0.2) is 4.39 Å². The number of hydrogen-bond acceptors (Lipinski definition) is 3. The molecule has 28 heavy (non-hydrogen) atoms. The first kappa shape index (κ1) is 20.5. The number of likely N-dealkylation sites (tertiary alicyclic amines) is 1. The molecule has 0 bridgehead atoms. The number of carbonyl (C=O) groups is 1. The minimum absolute atomic E-state index is 0.0742. The van der Waals surface area contributed by atoms with Crippen molar-refractivity contribution in [2.45, 2.75) is 38.3 Å². The van der Waals surface area contributed by atoms with Crippen LogP contribution >= 0.6 is 0 Å². The summed E-state index contributed by atoms with van der Waals surface area (Å²) in [5.74, 6) is -0.444. The molecule has 2 atom stereocenters. The van der Waals surface area contributed by atoms with Crippen molar-refractivity contribution in [3.63, 3.8) is 0 Å². The van der Waals surface area contributed by atoms with E-state index in [0.29, 0.717) is 12.1 Å². The van der Waals surface area contributed by atoms with Gasteiger partial charge in [0.25, 0.3) is 0 Å². The molecule has 3 rings (SSSR count). The highest BCUT2D eigenvalue weighted by molar-refractivity contribution is 5.94. The maximum Gasteiger partial charge on any atom is 0.227 e. The van der Waals surface area contributed by atoms with Crippen molar-refractivity contribution < 1.29 is 13.9 Å². The number of methoxy groups -OCH3 is 1. The van der Waals surface area contributed by atoms with Gasteiger partial charge in [0, 0.05) is 33.2 Å². The number of anilines is 1. The Kier molecular flexibility index (Phi) is 7.18. The van der Waals surface area contributed by atoms with E-state index in [1.807, 2.05) is 13.0 Å². The van der Waals surface area contributed by atoms with Crippen LogP contribution in [0.2, 0.25) is 0 Å². The molecule has 0 unspecified atom stereocenters. The molecule has 0 aromatic heterocycles. The Morgan fingerprint density at radius 1 is 1.18 bits per heavy atom. The molecule has 0 saturated carbocycles. The van der Waals surface area contributed by atoms with Crippen LogP contribution in [0.25, 0.3) is 0 Å². The van der Waals surface area contributed by atoms with Gasteiger partial charge in [-0.3, -0.25) is 4.79 Å². The molecular weight excluding hydrogens is 355 g/mol. The third-order valence-electron chi connectivity index (χ3n) is 5.49. The van der Waals surface area contributed by atoms with E-state index < -0.39 is 0 Å². The zero-order valence-corrected chi connectivity index (χ0v) is 16.7. The quantitative estimate of drug-likeness (QED) is 0.726. The molecule has 5 heteroatoms. The lowest BCUT2D eigenvalue weighted by atomic mass is 9.97. The summed E-state index contributed by atoms with van der Waals surface area (Å²) in [5.41, 5.74) is 1.66. The Hall–Kier alpha value is -2.24. The molecule has 1 amide bonds. The van der Waals surface area contributed by atoms with Gasteiger partial charge in [0.2, 0.25) is 5.91 Å². The number of carbonyl (C=O) groups excluding carboxylic acids is 1. The monoisotopic (exact) mass is 384 g/mol. The van der Waals surface area contributed by atoms with Gasteiger partial charge in [0.05, 0.1) is 17.8 Å². The van der Waals surface area contributed by atoms with E-state index in [2.05, 4.69) is 29.2 Å². The van der Waals surface area contributed by atoms with E-state index >= 15 is 0 Å². The molecule has 1 aliphatic heterocycles. The Labute approximate surface area is 166 Å². The van der Waals surface area contributed by atoms with E-state index in [1.165, 1.54) is 11.6 Å². The maximum atomic E-state index is 14.5. The van der Waals surface area contributed by atoms with E-state index in [1.54, 1.807) is 30.2 Å². The summed E-state index contributed by atoms with van der Waals surface area (Å²) in [6.07, 6.45) is 1.92. The molecular formula is C23H29FN2O2. The Balaban J connectivity index is 1.72. The second kappa shape index (κ2) is 9.80. The average molecular weight is 384 g/mol. The van der Waals surface area contributed by atoms with E-state index in [9.17, 15) is 9.18 Å². The van der Waals surface area contributed by atoms with Crippen LogP contribution in [0.5, 0.6) is 0 Å².